The van der Waals surface area contributed by atoms with Crippen LogP contribution in [0.5, 0.6) is 0 Å². The van der Waals surface area contributed by atoms with Gasteiger partial charge in [0.25, 0.3) is 0 Å². The molecule has 2 fully saturated rings. The lowest BCUT2D eigenvalue weighted by molar-refractivity contribution is -0.151. The van der Waals surface area contributed by atoms with Crippen LogP contribution in [0.3, 0.4) is 0 Å². The Morgan fingerprint density at radius 1 is 0.756 bits per heavy atom. The first-order chi connectivity index (χ1) is 19.8. The van der Waals surface area contributed by atoms with Gasteiger partial charge in [-0.15, -0.1) is 0 Å². The number of hydrogen-bond donors (Lipinski definition) is 1. The van der Waals surface area contributed by atoms with Crippen molar-refractivity contribution >= 4 is 39.8 Å². The highest BCUT2D eigenvalue weighted by Crippen LogP contribution is 2.23. The third-order valence-electron chi connectivity index (χ3n) is 7.43. The van der Waals surface area contributed by atoms with E-state index in [9.17, 15) is 14.4 Å². The summed E-state index contributed by atoms with van der Waals surface area (Å²) in [6.45, 7) is 8.25. The molecule has 1 N–H and O–H groups in total. The molecule has 0 spiro atoms. The summed E-state index contributed by atoms with van der Waals surface area (Å²) in [7, 11) is 2.87. The molecule has 7 heteroatoms. The number of carbonyl (C=O) groups excluding carboxylic acids is 3. The van der Waals surface area contributed by atoms with Gasteiger partial charge in [0, 0.05) is 38.3 Å². The average molecular weight is 555 g/mol. The number of aryl methyl sites for hydroxylation is 2. The fourth-order valence-electron chi connectivity index (χ4n) is 4.86. The number of rotatable bonds is 5. The minimum absolute atomic E-state index is 0.0584. The topological polar surface area (TPSA) is 84.9 Å². The highest BCUT2D eigenvalue weighted by molar-refractivity contribution is 5.89. The maximum atomic E-state index is 11.3. The van der Waals surface area contributed by atoms with Crippen molar-refractivity contribution in [3.05, 3.63) is 95.1 Å². The highest BCUT2D eigenvalue weighted by atomic mass is 16.5. The van der Waals surface area contributed by atoms with E-state index in [2.05, 4.69) is 77.3 Å². The van der Waals surface area contributed by atoms with Gasteiger partial charge >= 0.3 is 11.9 Å². The number of likely N-dealkylation sites (tertiary alicyclic amines) is 1. The van der Waals surface area contributed by atoms with Crippen molar-refractivity contribution in [3.63, 3.8) is 0 Å². The largest absolute Gasteiger partial charge is 0.469 e. The van der Waals surface area contributed by atoms with Crippen LogP contribution in [0.15, 0.2) is 72.8 Å². The van der Waals surface area contributed by atoms with Gasteiger partial charge < -0.3 is 14.8 Å². The highest BCUT2D eigenvalue weighted by Gasteiger charge is 2.33. The van der Waals surface area contributed by atoms with Gasteiger partial charge in [-0.1, -0.05) is 71.8 Å². The number of nitrogens with one attached hydrogen (secondary N) is 1. The summed E-state index contributed by atoms with van der Waals surface area (Å²) in [5, 5.41) is 7.84. The zero-order valence-corrected chi connectivity index (χ0v) is 24.2. The Morgan fingerprint density at radius 2 is 1.27 bits per heavy atom. The average Bonchev–Trinajstić information content (AvgIpc) is 2.93. The Labute approximate surface area is 241 Å². The zero-order valence-electron chi connectivity index (χ0n) is 24.2. The molecular weight excluding hydrogens is 516 g/mol. The molecule has 0 saturated carbocycles. The Kier molecular flexibility index (Phi) is 10.2. The standard InChI is InChI=1S/C17H19NO2.C12H10O.C5H9NO2/c1-12-3-5-15-8-13(4-6-14(15)7-12)9-18-10-16(11-18)17(19)20-2;1-9-2-4-12-7-10(8-13)3-5-11(12)6-9;1-8-5(7)4-2-6-3-4/h3-8,16H,9-11H2,1-2H3;2-8H,1H3;4,6H,2-3H2,1H3. The minimum Gasteiger partial charge on any atom is -0.469 e. The SMILES string of the molecule is COC(=O)C1CN(Cc2ccc3cc(C)ccc3c2)C1.COC(=O)C1CNC1.Cc1ccc2cc(C=O)ccc2c1. The van der Waals surface area contributed by atoms with Crippen LogP contribution in [0.25, 0.3) is 21.5 Å². The maximum absolute atomic E-state index is 11.3. The lowest BCUT2D eigenvalue weighted by atomic mass is 9.98. The lowest BCUT2D eigenvalue weighted by Gasteiger charge is -2.37. The molecule has 4 aromatic carbocycles. The van der Waals surface area contributed by atoms with E-state index in [1.165, 1.54) is 47.1 Å². The molecule has 214 valence electrons. The Balaban J connectivity index is 0.000000158. The molecule has 0 bridgehead atoms. The van der Waals surface area contributed by atoms with Crippen LogP contribution in [0.4, 0.5) is 0 Å². The first kappa shape index (κ1) is 29.9. The number of aldehydes is 1. The van der Waals surface area contributed by atoms with Crippen molar-refractivity contribution in [2.24, 2.45) is 11.8 Å². The van der Waals surface area contributed by atoms with Gasteiger partial charge in [-0.05, 0) is 53.1 Å². The van der Waals surface area contributed by atoms with Crippen LogP contribution < -0.4 is 5.32 Å². The van der Waals surface area contributed by atoms with Crippen LogP contribution in [0, 0.1) is 25.7 Å². The molecule has 7 nitrogen and oxygen atoms in total. The Morgan fingerprint density at radius 3 is 1.78 bits per heavy atom. The van der Waals surface area contributed by atoms with E-state index in [4.69, 9.17) is 4.74 Å². The first-order valence-corrected chi connectivity index (χ1v) is 13.8. The maximum Gasteiger partial charge on any atom is 0.311 e. The zero-order chi connectivity index (χ0) is 29.4. The van der Waals surface area contributed by atoms with Crippen molar-refractivity contribution < 1.29 is 23.9 Å². The summed E-state index contributed by atoms with van der Waals surface area (Å²) in [5.41, 5.74) is 4.56. The van der Waals surface area contributed by atoms with Crippen LogP contribution in [-0.2, 0) is 25.6 Å². The number of nitrogens with zero attached hydrogens (tertiary/aromatic N) is 1. The van der Waals surface area contributed by atoms with Gasteiger partial charge in [-0.25, -0.2) is 0 Å². The summed E-state index contributed by atoms with van der Waals surface area (Å²) in [6.07, 6.45) is 0.874. The second kappa shape index (κ2) is 14.0. The van der Waals surface area contributed by atoms with Gasteiger partial charge in [0.05, 0.1) is 26.1 Å². The van der Waals surface area contributed by atoms with Gasteiger partial charge in [0.2, 0.25) is 0 Å². The molecule has 0 atom stereocenters. The molecule has 0 aromatic heterocycles. The molecule has 0 aliphatic carbocycles. The van der Waals surface area contributed by atoms with E-state index in [0.29, 0.717) is 0 Å². The molecule has 0 amide bonds. The second-order valence-corrected chi connectivity index (χ2v) is 10.7. The molecule has 0 unspecified atom stereocenters. The summed E-state index contributed by atoms with van der Waals surface area (Å²) in [4.78, 5) is 34.7. The molecular formula is C34H38N2O5. The van der Waals surface area contributed by atoms with Gasteiger partial charge in [-0.3, -0.25) is 19.3 Å². The third kappa shape index (κ3) is 7.99. The summed E-state index contributed by atoms with van der Waals surface area (Å²) < 4.78 is 9.23. The van der Waals surface area contributed by atoms with Crippen molar-refractivity contribution in [1.82, 2.24) is 10.2 Å². The number of carbonyl (C=O) groups is 3. The number of fused-ring (bicyclic) bond motifs is 2. The predicted molar refractivity (Wildman–Crippen MR) is 162 cm³/mol. The van der Waals surface area contributed by atoms with Gasteiger partial charge in [0.15, 0.2) is 0 Å². The van der Waals surface area contributed by atoms with Crippen molar-refractivity contribution in [1.29, 1.82) is 0 Å². The summed E-state index contributed by atoms with van der Waals surface area (Å²) in [6, 6.07) is 25.0. The molecule has 6 rings (SSSR count). The molecule has 2 saturated heterocycles. The normalized spacial score (nSPS) is 14.9. The van der Waals surface area contributed by atoms with E-state index in [0.717, 1.165) is 50.0 Å². The van der Waals surface area contributed by atoms with E-state index < -0.39 is 0 Å². The molecule has 2 heterocycles. The van der Waals surface area contributed by atoms with E-state index in [-0.39, 0.29) is 23.8 Å². The Hall–Kier alpha value is -4.07. The molecule has 4 aromatic rings. The quantitative estimate of drug-likeness (QED) is 0.272. The number of benzene rings is 4. The number of ether oxygens (including phenoxy) is 2. The Bertz CT molecular complexity index is 1520. The van der Waals surface area contributed by atoms with Crippen LogP contribution in [0.1, 0.15) is 27.0 Å². The molecule has 2 aliphatic rings. The summed E-state index contributed by atoms with van der Waals surface area (Å²) >= 11 is 0. The first-order valence-electron chi connectivity index (χ1n) is 13.8. The van der Waals surface area contributed by atoms with Crippen molar-refractivity contribution in [2.75, 3.05) is 40.4 Å². The second-order valence-electron chi connectivity index (χ2n) is 10.7. The monoisotopic (exact) mass is 554 g/mol. The fraction of sp³-hybridized carbons (Fsp3) is 0.324. The van der Waals surface area contributed by atoms with Gasteiger partial charge in [0.1, 0.15) is 6.29 Å². The number of esters is 2. The lowest BCUT2D eigenvalue weighted by Crippen LogP contribution is -2.49. The number of methoxy groups -OCH3 is 2. The van der Waals surface area contributed by atoms with Crippen LogP contribution in [0.2, 0.25) is 0 Å². The van der Waals surface area contributed by atoms with Crippen molar-refractivity contribution in [2.45, 2.75) is 20.4 Å². The van der Waals surface area contributed by atoms with Gasteiger partial charge in [-0.2, -0.15) is 0 Å². The molecule has 0 radical (unpaired) electrons. The van der Waals surface area contributed by atoms with E-state index >= 15 is 0 Å². The molecule has 41 heavy (non-hydrogen) atoms. The predicted octanol–water partition coefficient (Wildman–Crippen LogP) is 5.09. The number of hydrogen-bond acceptors (Lipinski definition) is 7. The van der Waals surface area contributed by atoms with E-state index in [1.807, 2.05) is 24.3 Å². The minimum atomic E-state index is -0.0937. The third-order valence-corrected chi connectivity index (χ3v) is 7.43. The van der Waals surface area contributed by atoms with Crippen molar-refractivity contribution in [3.8, 4) is 0 Å². The molecule has 2 aliphatic heterocycles. The van der Waals surface area contributed by atoms with Crippen LogP contribution >= 0.6 is 0 Å². The van der Waals surface area contributed by atoms with E-state index in [1.54, 1.807) is 0 Å². The summed E-state index contributed by atoms with van der Waals surface area (Å²) in [5.74, 6) is 0.00194. The van der Waals surface area contributed by atoms with Crippen LogP contribution in [-0.4, -0.2) is 63.5 Å². The fourth-order valence-corrected chi connectivity index (χ4v) is 4.86. The smallest absolute Gasteiger partial charge is 0.311 e.